The molecular weight excluding hydrogens is 276 g/mol. The van der Waals surface area contributed by atoms with Crippen molar-refractivity contribution in [3.05, 3.63) is 59.2 Å². The van der Waals surface area contributed by atoms with E-state index in [2.05, 4.69) is 0 Å². The minimum absolute atomic E-state index is 0.180. The van der Waals surface area contributed by atoms with Crippen LogP contribution in [0.4, 0.5) is 8.78 Å². The van der Waals surface area contributed by atoms with Crippen LogP contribution >= 0.6 is 0 Å². The molecule has 1 heterocycles. The molecule has 2 atom stereocenters. The maximum Gasteiger partial charge on any atom is 0.130 e. The quantitative estimate of drug-likeness (QED) is 0.921. The Kier molecular flexibility index (Phi) is 3.51. The van der Waals surface area contributed by atoms with E-state index in [0.717, 1.165) is 23.8 Å². The molecule has 0 amide bonds. The molecule has 2 N–H and O–H groups in total. The molecule has 0 aromatic heterocycles. The fourth-order valence-corrected chi connectivity index (χ4v) is 2.56. The summed E-state index contributed by atoms with van der Waals surface area (Å²) in [5.74, 6) is 0.169. The largest absolute Gasteiger partial charge is 0.497 e. The van der Waals surface area contributed by atoms with Gasteiger partial charge >= 0.3 is 0 Å². The fraction of sp³-hybridized carbons (Fsp3) is 0.250. The number of rotatable bonds is 2. The zero-order valence-corrected chi connectivity index (χ0v) is 11.5. The van der Waals surface area contributed by atoms with Gasteiger partial charge in [-0.2, -0.15) is 0 Å². The highest BCUT2D eigenvalue weighted by molar-refractivity contribution is 5.44. The molecule has 1 aliphatic heterocycles. The first-order valence-corrected chi connectivity index (χ1v) is 6.63. The number of nitrogens with two attached hydrogens (primary N) is 1. The normalized spacial score (nSPS) is 20.6. The number of benzene rings is 2. The van der Waals surface area contributed by atoms with Crippen molar-refractivity contribution in [1.29, 1.82) is 0 Å². The van der Waals surface area contributed by atoms with Gasteiger partial charge in [0.2, 0.25) is 0 Å². The maximum atomic E-state index is 13.9. The van der Waals surface area contributed by atoms with E-state index in [-0.39, 0.29) is 11.6 Å². The lowest BCUT2D eigenvalue weighted by molar-refractivity contribution is 0.156. The summed E-state index contributed by atoms with van der Waals surface area (Å²) in [5.41, 5.74) is 7.13. The Morgan fingerprint density at radius 3 is 2.71 bits per heavy atom. The third-order valence-corrected chi connectivity index (χ3v) is 3.66. The summed E-state index contributed by atoms with van der Waals surface area (Å²) in [6, 6.07) is 8.37. The highest BCUT2D eigenvalue weighted by Crippen LogP contribution is 2.41. The van der Waals surface area contributed by atoms with Gasteiger partial charge in [0.15, 0.2) is 0 Å². The Morgan fingerprint density at radius 1 is 1.14 bits per heavy atom. The van der Waals surface area contributed by atoms with Crippen LogP contribution < -0.4 is 15.2 Å². The smallest absolute Gasteiger partial charge is 0.130 e. The highest BCUT2D eigenvalue weighted by atomic mass is 19.1. The predicted molar refractivity (Wildman–Crippen MR) is 74.3 cm³/mol. The third-order valence-electron chi connectivity index (χ3n) is 3.66. The number of halogens is 2. The van der Waals surface area contributed by atoms with Gasteiger partial charge in [-0.3, -0.25) is 0 Å². The monoisotopic (exact) mass is 291 g/mol. The van der Waals surface area contributed by atoms with Crippen LogP contribution in [-0.4, -0.2) is 7.11 Å². The molecule has 0 radical (unpaired) electrons. The van der Waals surface area contributed by atoms with Crippen LogP contribution in [0.15, 0.2) is 36.4 Å². The SMILES string of the molecule is COc1ccc2c(c1)OC(c1cc(F)ccc1F)C[C@@H]2N. The van der Waals surface area contributed by atoms with Crippen LogP contribution in [0.3, 0.4) is 0 Å². The first kappa shape index (κ1) is 13.8. The molecule has 0 saturated heterocycles. The lowest BCUT2D eigenvalue weighted by Gasteiger charge is -2.31. The van der Waals surface area contributed by atoms with Gasteiger partial charge in [-0.25, -0.2) is 8.78 Å². The van der Waals surface area contributed by atoms with Crippen LogP contribution in [0.25, 0.3) is 0 Å². The number of hydrogen-bond acceptors (Lipinski definition) is 3. The Hall–Kier alpha value is -2.14. The zero-order valence-electron chi connectivity index (χ0n) is 11.5. The highest BCUT2D eigenvalue weighted by Gasteiger charge is 2.29. The second kappa shape index (κ2) is 5.33. The van der Waals surface area contributed by atoms with Gasteiger partial charge < -0.3 is 15.2 Å². The van der Waals surface area contributed by atoms with Gasteiger partial charge in [0, 0.05) is 29.7 Å². The van der Waals surface area contributed by atoms with Crippen LogP contribution in [0.1, 0.15) is 29.7 Å². The van der Waals surface area contributed by atoms with Crippen molar-refractivity contribution in [3.8, 4) is 11.5 Å². The average Bonchev–Trinajstić information content (AvgIpc) is 2.49. The van der Waals surface area contributed by atoms with E-state index in [1.165, 1.54) is 0 Å². The topological polar surface area (TPSA) is 44.5 Å². The Morgan fingerprint density at radius 2 is 1.95 bits per heavy atom. The minimum Gasteiger partial charge on any atom is -0.497 e. The standard InChI is InChI=1S/C16H15F2NO2/c1-20-10-3-4-11-14(19)8-16(21-15(11)7-10)12-6-9(17)2-5-13(12)18/h2-7,14,16H,8,19H2,1H3/t14-,16?/m0/s1. The maximum absolute atomic E-state index is 13.9. The van der Waals surface area contributed by atoms with E-state index in [1.807, 2.05) is 6.07 Å². The summed E-state index contributed by atoms with van der Waals surface area (Å²) < 4.78 is 38.2. The van der Waals surface area contributed by atoms with Crippen LogP contribution in [0.5, 0.6) is 11.5 Å². The van der Waals surface area contributed by atoms with Crippen molar-refractivity contribution >= 4 is 0 Å². The molecule has 0 aliphatic carbocycles. The first-order valence-electron chi connectivity index (χ1n) is 6.63. The molecule has 1 aliphatic rings. The molecule has 110 valence electrons. The second-order valence-electron chi connectivity index (χ2n) is 5.02. The molecule has 0 spiro atoms. The lowest BCUT2D eigenvalue weighted by atomic mass is 9.93. The van der Waals surface area contributed by atoms with E-state index in [4.69, 9.17) is 15.2 Å². The third kappa shape index (κ3) is 2.56. The van der Waals surface area contributed by atoms with E-state index < -0.39 is 17.7 Å². The van der Waals surface area contributed by atoms with Crippen molar-refractivity contribution in [1.82, 2.24) is 0 Å². The summed E-state index contributed by atoms with van der Waals surface area (Å²) in [7, 11) is 1.55. The van der Waals surface area contributed by atoms with E-state index >= 15 is 0 Å². The number of hydrogen-bond donors (Lipinski definition) is 1. The van der Waals surface area contributed by atoms with Gasteiger partial charge in [0.05, 0.1) is 7.11 Å². The van der Waals surface area contributed by atoms with Gasteiger partial charge in [-0.1, -0.05) is 6.07 Å². The van der Waals surface area contributed by atoms with E-state index in [1.54, 1.807) is 19.2 Å². The molecule has 1 unspecified atom stereocenters. The van der Waals surface area contributed by atoms with Gasteiger partial charge in [-0.15, -0.1) is 0 Å². The van der Waals surface area contributed by atoms with Crippen molar-refractivity contribution < 1.29 is 18.3 Å². The summed E-state index contributed by atoms with van der Waals surface area (Å²) in [6.07, 6.45) is -0.227. The fourth-order valence-electron chi connectivity index (χ4n) is 2.56. The van der Waals surface area contributed by atoms with E-state index in [9.17, 15) is 8.78 Å². The molecule has 0 saturated carbocycles. The molecule has 3 nitrogen and oxygen atoms in total. The average molecular weight is 291 g/mol. The van der Waals surface area contributed by atoms with Gasteiger partial charge in [0.25, 0.3) is 0 Å². The van der Waals surface area contributed by atoms with Crippen LogP contribution in [0.2, 0.25) is 0 Å². The molecule has 2 aromatic carbocycles. The van der Waals surface area contributed by atoms with Crippen LogP contribution in [-0.2, 0) is 0 Å². The van der Waals surface area contributed by atoms with Crippen molar-refractivity contribution in [3.63, 3.8) is 0 Å². The second-order valence-corrected chi connectivity index (χ2v) is 5.02. The summed E-state index contributed by atoms with van der Waals surface area (Å²) in [6.45, 7) is 0. The van der Waals surface area contributed by atoms with Crippen molar-refractivity contribution in [2.24, 2.45) is 5.73 Å². The molecular formula is C16H15F2NO2. The Balaban J connectivity index is 1.98. The van der Waals surface area contributed by atoms with E-state index in [0.29, 0.717) is 17.9 Å². The number of ether oxygens (including phenoxy) is 2. The molecule has 21 heavy (non-hydrogen) atoms. The molecule has 5 heteroatoms. The summed E-state index contributed by atoms with van der Waals surface area (Å²) in [4.78, 5) is 0. The van der Waals surface area contributed by atoms with Crippen LogP contribution in [0, 0.1) is 11.6 Å². The summed E-state index contributed by atoms with van der Waals surface area (Å²) in [5, 5.41) is 0. The zero-order chi connectivity index (χ0) is 15.0. The van der Waals surface area contributed by atoms with Crippen molar-refractivity contribution in [2.75, 3.05) is 7.11 Å². The molecule has 0 fully saturated rings. The molecule has 0 bridgehead atoms. The van der Waals surface area contributed by atoms with Gasteiger partial charge in [0.1, 0.15) is 29.2 Å². The van der Waals surface area contributed by atoms with Gasteiger partial charge in [-0.05, 0) is 24.3 Å². The number of fused-ring (bicyclic) bond motifs is 1. The molecule has 3 rings (SSSR count). The predicted octanol–water partition coefficient (Wildman–Crippen LogP) is 3.50. The first-order chi connectivity index (χ1) is 10.1. The Labute approximate surface area is 121 Å². The van der Waals surface area contributed by atoms with Crippen molar-refractivity contribution in [2.45, 2.75) is 18.6 Å². The lowest BCUT2D eigenvalue weighted by Crippen LogP contribution is -2.24. The molecule has 2 aromatic rings. The number of methoxy groups -OCH3 is 1. The Bertz CT molecular complexity index is 675. The minimum atomic E-state index is -0.615. The summed E-state index contributed by atoms with van der Waals surface area (Å²) >= 11 is 0.